The minimum Gasteiger partial charge on any atom is -0.377 e. The smallest absolute Gasteiger partial charge is 0.156 e. The topological polar surface area (TPSA) is 37.3 Å². The first-order valence-corrected chi connectivity index (χ1v) is 12.8. The van der Waals surface area contributed by atoms with E-state index in [1.165, 1.54) is 22.3 Å². The molecule has 2 fully saturated rings. The van der Waals surface area contributed by atoms with E-state index in [1.54, 1.807) is 5.57 Å². The maximum absolute atomic E-state index is 12.2. The maximum atomic E-state index is 12.2. The van der Waals surface area contributed by atoms with Gasteiger partial charge < -0.3 is 5.11 Å². The molecule has 4 aliphatic rings. The van der Waals surface area contributed by atoms with E-state index in [0.29, 0.717) is 18.3 Å². The highest BCUT2D eigenvalue weighted by Crippen LogP contribution is 2.66. The lowest BCUT2D eigenvalue weighted by atomic mass is 9.51. The quantitative estimate of drug-likeness (QED) is 0.493. The summed E-state index contributed by atoms with van der Waals surface area (Å²) in [5.41, 5.74) is 5.66. The fourth-order valence-corrected chi connectivity index (χ4v) is 7.26. The van der Waals surface area contributed by atoms with E-state index in [-0.39, 0.29) is 22.5 Å². The molecular weight excluding hydrogens is 404 g/mol. The van der Waals surface area contributed by atoms with E-state index >= 15 is 0 Å². The van der Waals surface area contributed by atoms with Gasteiger partial charge in [-0.05, 0) is 101 Å². The van der Waals surface area contributed by atoms with Crippen LogP contribution in [-0.4, -0.2) is 16.5 Å². The van der Waals surface area contributed by atoms with Crippen LogP contribution >= 0.6 is 0 Å². The molecule has 0 saturated heterocycles. The van der Waals surface area contributed by atoms with Gasteiger partial charge >= 0.3 is 0 Å². The molecule has 33 heavy (non-hydrogen) atoms. The second-order valence-electron chi connectivity index (χ2n) is 12.3. The summed E-state index contributed by atoms with van der Waals surface area (Å²) in [6.07, 6.45) is 8.26. The Kier molecular flexibility index (Phi) is 5.30. The fraction of sp³-hybridized carbons (Fsp3) is 0.581. The van der Waals surface area contributed by atoms with E-state index in [9.17, 15) is 9.90 Å². The summed E-state index contributed by atoms with van der Waals surface area (Å²) in [7, 11) is 0. The van der Waals surface area contributed by atoms with Crippen LogP contribution in [0.1, 0.15) is 89.7 Å². The average Bonchev–Trinajstić information content (AvgIpc) is 3.02. The lowest BCUT2D eigenvalue weighted by Gasteiger charge is -2.53. The van der Waals surface area contributed by atoms with E-state index in [0.717, 1.165) is 38.5 Å². The highest BCUT2D eigenvalue weighted by atomic mass is 16.3. The van der Waals surface area contributed by atoms with Gasteiger partial charge in [0.2, 0.25) is 0 Å². The lowest BCUT2D eigenvalue weighted by Crippen LogP contribution is -2.51. The van der Waals surface area contributed by atoms with Crippen molar-refractivity contribution in [2.24, 2.45) is 22.7 Å². The SMILES string of the molecule is Cc1ccc([C@H]2C[C@@]3(C)[C@@H](CC[C@@]3(O)C#CC(C)(C)C)[C@@H]3CCC4=CC(=O)CCC4=C32)cc1. The number of fused-ring (bicyclic) bond motifs is 4. The first-order chi connectivity index (χ1) is 15.5. The van der Waals surface area contributed by atoms with Gasteiger partial charge in [0.1, 0.15) is 5.60 Å². The molecule has 0 spiro atoms. The van der Waals surface area contributed by atoms with Crippen molar-refractivity contribution in [1.29, 1.82) is 0 Å². The average molecular weight is 443 g/mol. The zero-order valence-corrected chi connectivity index (χ0v) is 20.9. The summed E-state index contributed by atoms with van der Waals surface area (Å²) >= 11 is 0. The maximum Gasteiger partial charge on any atom is 0.156 e. The van der Waals surface area contributed by atoms with E-state index in [4.69, 9.17) is 0 Å². The molecule has 5 rings (SSSR count). The van der Waals surface area contributed by atoms with Gasteiger partial charge in [-0.2, -0.15) is 0 Å². The Bertz CT molecular complexity index is 1100. The number of rotatable bonds is 1. The molecule has 1 aromatic carbocycles. The molecule has 0 radical (unpaired) electrons. The first kappa shape index (κ1) is 22.7. The standard InChI is InChI=1S/C31H38O2/c1-20-6-8-21(9-7-20)26-19-30(5)27(14-15-31(30,33)17-16-29(2,3)4)25-12-10-22-18-23(32)11-13-24(22)28(25)26/h6-9,18,25-27,33H,10-15,19H2,1-5H3/t25-,26+,27-,30-,31+/m0/s1. The third kappa shape index (κ3) is 3.74. The number of hydrogen-bond acceptors (Lipinski definition) is 2. The van der Waals surface area contributed by atoms with Crippen LogP contribution in [0, 0.1) is 41.4 Å². The van der Waals surface area contributed by atoms with Crippen molar-refractivity contribution in [3.05, 3.63) is 58.2 Å². The van der Waals surface area contributed by atoms with Crippen LogP contribution in [0.4, 0.5) is 0 Å². The van der Waals surface area contributed by atoms with Crippen molar-refractivity contribution in [3.63, 3.8) is 0 Å². The molecule has 2 heteroatoms. The molecule has 1 N–H and O–H groups in total. The van der Waals surface area contributed by atoms with Crippen LogP contribution in [0.5, 0.6) is 0 Å². The normalized spacial score (nSPS) is 35.8. The summed E-state index contributed by atoms with van der Waals surface area (Å²) in [5.74, 6) is 8.28. The number of hydrogen-bond donors (Lipinski definition) is 1. The minimum atomic E-state index is -0.942. The Hall–Kier alpha value is -2.11. The highest BCUT2D eigenvalue weighted by molar-refractivity contribution is 5.93. The lowest BCUT2D eigenvalue weighted by molar-refractivity contribution is -0.114. The monoisotopic (exact) mass is 442 g/mol. The number of aliphatic hydroxyl groups is 1. The molecule has 1 aromatic rings. The summed E-state index contributed by atoms with van der Waals surface area (Å²) in [6, 6.07) is 9.01. The Labute approximate surface area is 199 Å². The van der Waals surface area contributed by atoms with Crippen LogP contribution in [0.15, 0.2) is 47.1 Å². The van der Waals surface area contributed by atoms with Gasteiger partial charge in [-0.1, -0.05) is 54.2 Å². The number of allylic oxidation sites excluding steroid dienone is 4. The number of benzene rings is 1. The highest BCUT2D eigenvalue weighted by Gasteiger charge is 2.62. The third-order valence-corrected chi connectivity index (χ3v) is 9.01. The van der Waals surface area contributed by atoms with Crippen molar-refractivity contribution >= 4 is 5.78 Å². The van der Waals surface area contributed by atoms with Gasteiger partial charge in [-0.25, -0.2) is 0 Å². The van der Waals surface area contributed by atoms with Crippen molar-refractivity contribution in [2.45, 2.75) is 91.1 Å². The van der Waals surface area contributed by atoms with Gasteiger partial charge in [0.05, 0.1) is 0 Å². The summed E-state index contributed by atoms with van der Waals surface area (Å²) in [6.45, 7) is 10.8. The molecule has 0 amide bonds. The molecule has 5 atom stereocenters. The van der Waals surface area contributed by atoms with Gasteiger partial charge in [0.25, 0.3) is 0 Å². The molecule has 0 bridgehead atoms. The predicted molar refractivity (Wildman–Crippen MR) is 134 cm³/mol. The summed E-state index contributed by atoms with van der Waals surface area (Å²) < 4.78 is 0. The van der Waals surface area contributed by atoms with Crippen molar-refractivity contribution in [2.75, 3.05) is 0 Å². The van der Waals surface area contributed by atoms with Gasteiger partial charge in [0.15, 0.2) is 5.78 Å². The summed E-state index contributed by atoms with van der Waals surface area (Å²) in [5, 5.41) is 12.0. The van der Waals surface area contributed by atoms with Gasteiger partial charge in [-0.3, -0.25) is 4.79 Å². The Morgan fingerprint density at radius 2 is 1.79 bits per heavy atom. The molecular formula is C31H38O2. The zero-order valence-electron chi connectivity index (χ0n) is 20.9. The second-order valence-corrected chi connectivity index (χ2v) is 12.3. The van der Waals surface area contributed by atoms with E-state index in [1.807, 2.05) is 6.08 Å². The van der Waals surface area contributed by atoms with Crippen LogP contribution in [-0.2, 0) is 4.79 Å². The Balaban J connectivity index is 1.66. The van der Waals surface area contributed by atoms with Crippen LogP contribution in [0.2, 0.25) is 0 Å². The molecule has 0 aromatic heterocycles. The molecule has 174 valence electrons. The first-order valence-electron chi connectivity index (χ1n) is 12.8. The number of carbonyl (C=O) groups excluding carboxylic acids is 1. The van der Waals surface area contributed by atoms with Crippen LogP contribution in [0.25, 0.3) is 0 Å². The van der Waals surface area contributed by atoms with Crippen LogP contribution < -0.4 is 0 Å². The van der Waals surface area contributed by atoms with E-state index < -0.39 is 5.60 Å². The molecule has 0 aliphatic heterocycles. The van der Waals surface area contributed by atoms with Crippen molar-refractivity contribution in [1.82, 2.24) is 0 Å². The van der Waals surface area contributed by atoms with Gasteiger partial charge in [0, 0.05) is 23.2 Å². The number of carbonyl (C=O) groups is 1. The Morgan fingerprint density at radius 3 is 2.48 bits per heavy atom. The second kappa shape index (κ2) is 7.71. The molecule has 4 aliphatic carbocycles. The molecule has 0 unspecified atom stereocenters. The fourth-order valence-electron chi connectivity index (χ4n) is 7.26. The van der Waals surface area contributed by atoms with Crippen molar-refractivity contribution in [3.8, 4) is 11.8 Å². The zero-order chi connectivity index (χ0) is 23.6. The largest absolute Gasteiger partial charge is 0.377 e. The number of ketones is 1. The predicted octanol–water partition coefficient (Wildman–Crippen LogP) is 6.68. The van der Waals surface area contributed by atoms with Crippen molar-refractivity contribution < 1.29 is 9.90 Å². The molecule has 2 nitrogen and oxygen atoms in total. The number of aryl methyl sites for hydroxylation is 1. The van der Waals surface area contributed by atoms with E-state index in [2.05, 4.69) is 70.7 Å². The summed E-state index contributed by atoms with van der Waals surface area (Å²) in [4.78, 5) is 12.2. The van der Waals surface area contributed by atoms with Crippen LogP contribution in [0.3, 0.4) is 0 Å². The molecule has 0 heterocycles. The minimum absolute atomic E-state index is 0.124. The third-order valence-electron chi connectivity index (χ3n) is 9.01. The van der Waals surface area contributed by atoms with Gasteiger partial charge in [-0.15, -0.1) is 0 Å². The molecule has 2 saturated carbocycles. The Morgan fingerprint density at radius 1 is 1.06 bits per heavy atom.